The molecule has 1 aromatic heterocycles. The largest absolute Gasteiger partial charge is 0.465 e. The molecule has 0 atom stereocenters. The Morgan fingerprint density at radius 3 is 2.39 bits per heavy atom. The van der Waals surface area contributed by atoms with Gasteiger partial charge in [-0.2, -0.15) is 0 Å². The van der Waals surface area contributed by atoms with Gasteiger partial charge in [-0.3, -0.25) is 0 Å². The molecule has 1 saturated heterocycles. The Labute approximate surface area is 182 Å². The predicted molar refractivity (Wildman–Crippen MR) is 113 cm³/mol. The number of nitrogens with zero attached hydrogens (tertiary/aromatic N) is 3. The quantitative estimate of drug-likeness (QED) is 0.617. The summed E-state index contributed by atoms with van der Waals surface area (Å²) in [5.74, 6) is 0. The van der Waals surface area contributed by atoms with Crippen molar-refractivity contribution in [1.82, 2.24) is 8.87 Å². The zero-order valence-electron chi connectivity index (χ0n) is 16.1. The highest BCUT2D eigenvalue weighted by molar-refractivity contribution is 7.90. The first-order chi connectivity index (χ1) is 14.7. The molecule has 2 heterocycles. The third-order valence-electron chi connectivity index (χ3n) is 5.29. The zero-order chi connectivity index (χ0) is 22.3. The molecule has 2 aromatic carbocycles. The van der Waals surface area contributed by atoms with Gasteiger partial charge in [-0.15, -0.1) is 0 Å². The Balaban J connectivity index is 1.77. The molecule has 164 valence electrons. The summed E-state index contributed by atoms with van der Waals surface area (Å²) >= 11 is 5.91. The number of hydrogen-bond acceptors (Lipinski definition) is 4. The van der Waals surface area contributed by atoms with Gasteiger partial charge in [0.2, 0.25) is 0 Å². The lowest BCUT2D eigenvalue weighted by Crippen LogP contribution is -2.48. The first-order valence-electron chi connectivity index (χ1n) is 9.35. The van der Waals surface area contributed by atoms with Gasteiger partial charge in [-0.05, 0) is 36.4 Å². The molecular weight excluding hydrogens is 452 g/mol. The Morgan fingerprint density at radius 2 is 1.77 bits per heavy atom. The summed E-state index contributed by atoms with van der Waals surface area (Å²) in [5.41, 5.74) is 0.354. The number of amides is 1. The predicted octanol–water partition coefficient (Wildman–Crippen LogP) is 4.27. The van der Waals surface area contributed by atoms with Crippen LogP contribution in [0.25, 0.3) is 10.9 Å². The van der Waals surface area contributed by atoms with Crippen LogP contribution >= 0.6 is 11.6 Å². The second-order valence-corrected chi connectivity index (χ2v) is 9.35. The van der Waals surface area contributed by atoms with Crippen LogP contribution in [0.15, 0.2) is 53.6 Å². The highest BCUT2D eigenvalue weighted by Gasteiger charge is 2.26. The molecule has 31 heavy (non-hydrogen) atoms. The van der Waals surface area contributed by atoms with Crippen LogP contribution in [0.1, 0.15) is 12.0 Å². The van der Waals surface area contributed by atoms with Crippen LogP contribution in [0, 0.1) is 0 Å². The van der Waals surface area contributed by atoms with Crippen molar-refractivity contribution < 1.29 is 27.1 Å². The molecule has 0 aliphatic carbocycles. The maximum Gasteiger partial charge on any atom is 0.407 e. The molecule has 0 radical (unpaired) electrons. The number of halogens is 3. The third kappa shape index (κ3) is 3.92. The van der Waals surface area contributed by atoms with E-state index in [2.05, 4.69) is 0 Å². The fraction of sp³-hybridized carbons (Fsp3) is 0.250. The van der Waals surface area contributed by atoms with Crippen molar-refractivity contribution in [3.63, 3.8) is 0 Å². The molecule has 0 saturated carbocycles. The molecule has 1 aliphatic rings. The van der Waals surface area contributed by atoms with Crippen LogP contribution in [0.3, 0.4) is 0 Å². The maximum absolute atomic E-state index is 13.8. The van der Waals surface area contributed by atoms with E-state index in [-0.39, 0.29) is 20.8 Å². The highest BCUT2D eigenvalue weighted by Crippen LogP contribution is 2.35. The summed E-state index contributed by atoms with van der Waals surface area (Å²) in [6, 6.07) is 10.3. The van der Waals surface area contributed by atoms with E-state index in [1.165, 1.54) is 41.3 Å². The average Bonchev–Trinajstić information content (AvgIpc) is 3.14. The van der Waals surface area contributed by atoms with Crippen LogP contribution in [0.4, 0.5) is 19.3 Å². The zero-order valence-corrected chi connectivity index (χ0v) is 17.7. The van der Waals surface area contributed by atoms with Gasteiger partial charge in [0.15, 0.2) is 0 Å². The van der Waals surface area contributed by atoms with Gasteiger partial charge in [0, 0.05) is 54.0 Å². The molecule has 1 N–H and O–H groups in total. The van der Waals surface area contributed by atoms with Gasteiger partial charge in [0.1, 0.15) is 0 Å². The van der Waals surface area contributed by atoms with Crippen molar-refractivity contribution >= 4 is 44.3 Å². The minimum atomic E-state index is -4.14. The lowest BCUT2D eigenvalue weighted by Gasteiger charge is -2.34. The number of hydrogen-bond donors (Lipinski definition) is 1. The van der Waals surface area contributed by atoms with E-state index in [4.69, 9.17) is 16.7 Å². The van der Waals surface area contributed by atoms with Crippen LogP contribution < -0.4 is 4.90 Å². The number of rotatable bonds is 4. The fourth-order valence-electron chi connectivity index (χ4n) is 3.68. The third-order valence-corrected chi connectivity index (χ3v) is 7.19. The molecule has 1 fully saturated rings. The normalized spacial score (nSPS) is 15.1. The number of alkyl halides is 2. The van der Waals surface area contributed by atoms with Crippen molar-refractivity contribution in [3.8, 4) is 0 Å². The summed E-state index contributed by atoms with van der Waals surface area (Å²) < 4.78 is 54.6. The summed E-state index contributed by atoms with van der Waals surface area (Å²) in [5, 5.41) is 9.42. The first-order valence-corrected chi connectivity index (χ1v) is 11.2. The summed E-state index contributed by atoms with van der Waals surface area (Å²) in [6.07, 6.45) is -2.94. The number of carboxylic acid groups (broad SMARTS) is 1. The minimum Gasteiger partial charge on any atom is -0.465 e. The summed E-state index contributed by atoms with van der Waals surface area (Å²) in [4.78, 5) is 14.1. The first kappa shape index (κ1) is 21.4. The number of anilines is 1. The standard InChI is InChI=1S/C20H18ClF2N3O4S/c21-13-2-1-3-15(10-13)31(29,30)26-12-17(19(22)23)16-11-14(4-5-18(16)26)24-6-8-25(9-7-24)20(27)28/h1-5,10-12,19H,6-9H2,(H,27,28). The highest BCUT2D eigenvalue weighted by atomic mass is 35.5. The van der Waals surface area contributed by atoms with E-state index >= 15 is 0 Å². The molecule has 0 unspecified atom stereocenters. The van der Waals surface area contributed by atoms with Gasteiger partial charge < -0.3 is 14.9 Å². The van der Waals surface area contributed by atoms with Crippen LogP contribution in [-0.4, -0.2) is 54.7 Å². The van der Waals surface area contributed by atoms with Crippen LogP contribution in [-0.2, 0) is 10.0 Å². The summed E-state index contributed by atoms with van der Waals surface area (Å²) in [7, 11) is -4.14. The number of piperazine rings is 1. The lowest BCUT2D eigenvalue weighted by atomic mass is 10.1. The number of aromatic nitrogens is 1. The number of fused-ring (bicyclic) bond motifs is 1. The topological polar surface area (TPSA) is 82.8 Å². The molecule has 11 heteroatoms. The molecule has 3 aromatic rings. The molecular formula is C20H18ClF2N3O4S. The smallest absolute Gasteiger partial charge is 0.407 e. The van der Waals surface area contributed by atoms with E-state index in [1.54, 1.807) is 6.07 Å². The summed E-state index contributed by atoms with van der Waals surface area (Å²) in [6.45, 7) is 1.39. The monoisotopic (exact) mass is 469 g/mol. The van der Waals surface area contributed by atoms with Crippen molar-refractivity contribution in [2.45, 2.75) is 11.3 Å². The van der Waals surface area contributed by atoms with Gasteiger partial charge in [-0.25, -0.2) is 26.0 Å². The Kier molecular flexibility index (Phi) is 5.52. The molecule has 4 rings (SSSR count). The molecule has 1 amide bonds. The second-order valence-electron chi connectivity index (χ2n) is 7.10. The Morgan fingerprint density at radius 1 is 1.06 bits per heavy atom. The van der Waals surface area contributed by atoms with E-state index in [0.717, 1.165) is 10.2 Å². The van der Waals surface area contributed by atoms with Gasteiger partial charge in [0.25, 0.3) is 16.4 Å². The van der Waals surface area contributed by atoms with E-state index in [0.29, 0.717) is 31.9 Å². The van der Waals surface area contributed by atoms with Crippen molar-refractivity contribution in [1.29, 1.82) is 0 Å². The molecule has 7 nitrogen and oxygen atoms in total. The van der Waals surface area contributed by atoms with Gasteiger partial charge in [0.05, 0.1) is 10.4 Å². The van der Waals surface area contributed by atoms with E-state index in [1.807, 2.05) is 4.90 Å². The molecule has 1 aliphatic heterocycles. The number of carbonyl (C=O) groups is 1. The lowest BCUT2D eigenvalue weighted by molar-refractivity contribution is 0.142. The average molecular weight is 470 g/mol. The van der Waals surface area contributed by atoms with Crippen molar-refractivity contribution in [2.24, 2.45) is 0 Å². The Bertz CT molecular complexity index is 1250. The van der Waals surface area contributed by atoms with Gasteiger partial charge in [-0.1, -0.05) is 17.7 Å². The van der Waals surface area contributed by atoms with Crippen LogP contribution in [0.2, 0.25) is 5.02 Å². The van der Waals surface area contributed by atoms with Crippen molar-refractivity contribution in [2.75, 3.05) is 31.1 Å². The van der Waals surface area contributed by atoms with E-state index in [9.17, 15) is 22.0 Å². The van der Waals surface area contributed by atoms with E-state index < -0.39 is 28.1 Å². The number of benzene rings is 2. The SMILES string of the molecule is O=C(O)N1CCN(c2ccc3c(c2)c(C(F)F)cn3S(=O)(=O)c2cccc(Cl)c2)CC1. The maximum atomic E-state index is 13.8. The minimum absolute atomic E-state index is 0.105. The fourth-order valence-corrected chi connectivity index (χ4v) is 5.36. The second kappa shape index (κ2) is 8.01. The molecule has 0 bridgehead atoms. The Hall–Kier alpha value is -2.85. The molecule has 0 spiro atoms. The van der Waals surface area contributed by atoms with Gasteiger partial charge >= 0.3 is 6.09 Å². The van der Waals surface area contributed by atoms with Crippen molar-refractivity contribution in [3.05, 3.63) is 59.2 Å². The van der Waals surface area contributed by atoms with Crippen LogP contribution in [0.5, 0.6) is 0 Å².